The van der Waals surface area contributed by atoms with Gasteiger partial charge in [0, 0.05) is 30.9 Å². The van der Waals surface area contributed by atoms with Crippen molar-refractivity contribution >= 4 is 32.3 Å². The van der Waals surface area contributed by atoms with Crippen molar-refractivity contribution in [1.82, 2.24) is 5.32 Å². The van der Waals surface area contributed by atoms with Gasteiger partial charge in [-0.3, -0.25) is 9.59 Å². The van der Waals surface area contributed by atoms with Crippen LogP contribution in [-0.2, 0) is 21.1 Å². The van der Waals surface area contributed by atoms with Crippen LogP contribution in [0.3, 0.4) is 0 Å². The van der Waals surface area contributed by atoms with Crippen LogP contribution in [0.4, 0.5) is 0 Å². The largest absolute Gasteiger partial charge is 0.356 e. The monoisotopic (exact) mass is 395 g/mol. The van der Waals surface area contributed by atoms with Gasteiger partial charge in [0.2, 0.25) is 5.91 Å². The molecule has 0 saturated heterocycles. The van der Waals surface area contributed by atoms with Crippen LogP contribution < -0.4 is 5.32 Å². The maximum absolute atomic E-state index is 12.9. The third kappa shape index (κ3) is 4.46. The highest BCUT2D eigenvalue weighted by atomic mass is 32.2. The first-order valence-corrected chi connectivity index (χ1v) is 10.8. The van der Waals surface area contributed by atoms with Crippen LogP contribution in [0.25, 0.3) is 10.8 Å². The summed E-state index contributed by atoms with van der Waals surface area (Å²) in [5.41, 5.74) is 1.93. The second kappa shape index (κ2) is 7.94. The minimum Gasteiger partial charge on any atom is -0.356 e. The van der Waals surface area contributed by atoms with Crippen LogP contribution in [-0.4, -0.2) is 32.9 Å². The molecular formula is C22H21NO4S. The summed E-state index contributed by atoms with van der Waals surface area (Å²) in [4.78, 5) is 24.3. The summed E-state index contributed by atoms with van der Waals surface area (Å²) >= 11 is 0. The quantitative estimate of drug-likeness (QED) is 0.650. The Labute approximate surface area is 164 Å². The smallest absolute Gasteiger partial charge is 0.216 e. The van der Waals surface area contributed by atoms with Crippen LogP contribution in [0, 0.1) is 0 Å². The molecule has 3 aromatic carbocycles. The zero-order valence-electron chi connectivity index (χ0n) is 15.7. The molecule has 6 heteroatoms. The standard InChI is InChI=1S/C22H21NO4S/c1-15(24)23-11-10-18-13-19(22(25)16-6-4-3-5-7-16)12-17-8-9-20(14-21(17)18)28(2,26)27/h3-9,12-14H,10-11H2,1-2H3,(H,23,24). The first-order valence-electron chi connectivity index (χ1n) is 8.86. The van der Waals surface area contributed by atoms with E-state index in [0.29, 0.717) is 24.1 Å². The van der Waals surface area contributed by atoms with Gasteiger partial charge in [0.1, 0.15) is 0 Å². The Morgan fingerprint density at radius 1 is 0.929 bits per heavy atom. The average Bonchev–Trinajstić information content (AvgIpc) is 2.66. The molecule has 1 amide bonds. The highest BCUT2D eigenvalue weighted by Gasteiger charge is 2.15. The van der Waals surface area contributed by atoms with Crippen LogP contribution in [0.5, 0.6) is 0 Å². The normalized spacial score (nSPS) is 11.4. The van der Waals surface area contributed by atoms with E-state index in [4.69, 9.17) is 0 Å². The lowest BCUT2D eigenvalue weighted by atomic mass is 9.95. The molecule has 0 aliphatic carbocycles. The SMILES string of the molecule is CC(=O)NCCc1cc(C(=O)c2ccccc2)cc2ccc(S(C)(=O)=O)cc12. The number of fused-ring (bicyclic) bond motifs is 1. The van der Waals surface area contributed by atoms with Crippen LogP contribution in [0.2, 0.25) is 0 Å². The Morgan fingerprint density at radius 2 is 1.64 bits per heavy atom. The average molecular weight is 395 g/mol. The molecular weight excluding hydrogens is 374 g/mol. The van der Waals surface area contributed by atoms with Gasteiger partial charge in [0.15, 0.2) is 15.6 Å². The number of benzene rings is 3. The molecule has 3 aromatic rings. The predicted molar refractivity (Wildman–Crippen MR) is 109 cm³/mol. The highest BCUT2D eigenvalue weighted by Crippen LogP contribution is 2.26. The number of rotatable bonds is 6. The summed E-state index contributed by atoms with van der Waals surface area (Å²) < 4.78 is 23.9. The summed E-state index contributed by atoms with van der Waals surface area (Å²) in [6.45, 7) is 1.84. The van der Waals surface area contributed by atoms with Gasteiger partial charge < -0.3 is 5.32 Å². The zero-order valence-corrected chi connectivity index (χ0v) is 16.5. The number of ketones is 1. The molecule has 0 aliphatic rings. The Hall–Kier alpha value is -2.99. The maximum atomic E-state index is 12.9. The number of hydrogen-bond donors (Lipinski definition) is 1. The molecule has 3 rings (SSSR count). The molecule has 1 N–H and O–H groups in total. The summed E-state index contributed by atoms with van der Waals surface area (Å²) in [5, 5.41) is 4.29. The van der Waals surface area contributed by atoms with Crippen molar-refractivity contribution in [1.29, 1.82) is 0 Å². The highest BCUT2D eigenvalue weighted by molar-refractivity contribution is 7.90. The first kappa shape index (κ1) is 19.8. The minimum atomic E-state index is -3.35. The fraction of sp³-hybridized carbons (Fsp3) is 0.182. The number of amides is 1. The van der Waals surface area contributed by atoms with Crippen molar-refractivity contribution in [3.05, 3.63) is 77.4 Å². The Balaban J connectivity index is 2.11. The molecule has 0 atom stereocenters. The van der Waals surface area contributed by atoms with Gasteiger partial charge in [-0.25, -0.2) is 8.42 Å². The summed E-state index contributed by atoms with van der Waals surface area (Å²) in [5.74, 6) is -0.242. The number of carbonyl (C=O) groups is 2. The summed E-state index contributed by atoms with van der Waals surface area (Å²) in [6.07, 6.45) is 1.65. The minimum absolute atomic E-state index is 0.101. The predicted octanol–water partition coefficient (Wildman–Crippen LogP) is 3.15. The molecule has 0 bridgehead atoms. The zero-order chi connectivity index (χ0) is 20.3. The Bertz CT molecular complexity index is 1150. The third-order valence-electron chi connectivity index (χ3n) is 4.51. The number of carbonyl (C=O) groups excluding carboxylic acids is 2. The van der Waals surface area contributed by atoms with Gasteiger partial charge in [0.05, 0.1) is 4.90 Å². The van der Waals surface area contributed by atoms with E-state index in [9.17, 15) is 18.0 Å². The van der Waals surface area contributed by atoms with Gasteiger partial charge in [-0.2, -0.15) is 0 Å². The van der Waals surface area contributed by atoms with Gasteiger partial charge in [-0.15, -0.1) is 0 Å². The lowest BCUT2D eigenvalue weighted by Crippen LogP contribution is -2.22. The van der Waals surface area contributed by atoms with Gasteiger partial charge >= 0.3 is 0 Å². The van der Waals surface area contributed by atoms with Crippen molar-refractivity contribution in [3.8, 4) is 0 Å². The van der Waals surface area contributed by atoms with E-state index >= 15 is 0 Å². The molecule has 0 fully saturated rings. The van der Waals surface area contributed by atoms with Gasteiger partial charge in [0.25, 0.3) is 0 Å². The van der Waals surface area contributed by atoms with Crippen LogP contribution in [0.15, 0.2) is 65.6 Å². The molecule has 144 valence electrons. The number of sulfone groups is 1. The fourth-order valence-corrected chi connectivity index (χ4v) is 3.76. The maximum Gasteiger partial charge on any atom is 0.216 e. The van der Waals surface area contributed by atoms with Crippen molar-refractivity contribution in [2.75, 3.05) is 12.8 Å². The lowest BCUT2D eigenvalue weighted by molar-refractivity contribution is -0.118. The molecule has 0 aromatic heterocycles. The Morgan fingerprint density at radius 3 is 2.29 bits per heavy atom. The molecule has 0 unspecified atom stereocenters. The topological polar surface area (TPSA) is 80.3 Å². The van der Waals surface area contributed by atoms with E-state index in [0.717, 1.165) is 16.3 Å². The molecule has 5 nitrogen and oxygen atoms in total. The fourth-order valence-electron chi connectivity index (χ4n) is 3.11. The van der Waals surface area contributed by atoms with Crippen molar-refractivity contribution in [2.45, 2.75) is 18.2 Å². The molecule has 0 saturated carbocycles. The number of nitrogens with one attached hydrogen (secondary N) is 1. The second-order valence-electron chi connectivity index (χ2n) is 6.72. The lowest BCUT2D eigenvalue weighted by Gasteiger charge is -2.12. The van der Waals surface area contributed by atoms with E-state index < -0.39 is 9.84 Å². The van der Waals surface area contributed by atoms with Crippen molar-refractivity contribution in [3.63, 3.8) is 0 Å². The summed E-state index contributed by atoms with van der Waals surface area (Å²) in [7, 11) is -3.35. The molecule has 0 spiro atoms. The molecule has 0 aliphatic heterocycles. The first-order chi connectivity index (χ1) is 13.3. The molecule has 0 heterocycles. The Kier molecular flexibility index (Phi) is 5.61. The van der Waals surface area contributed by atoms with Gasteiger partial charge in [-0.05, 0) is 47.0 Å². The van der Waals surface area contributed by atoms with E-state index in [1.165, 1.54) is 13.2 Å². The molecule has 0 radical (unpaired) electrons. The third-order valence-corrected chi connectivity index (χ3v) is 5.62. The van der Waals surface area contributed by atoms with Crippen molar-refractivity contribution in [2.24, 2.45) is 0 Å². The second-order valence-corrected chi connectivity index (χ2v) is 8.73. The van der Waals surface area contributed by atoms with Crippen molar-refractivity contribution < 1.29 is 18.0 Å². The molecule has 28 heavy (non-hydrogen) atoms. The van der Waals surface area contributed by atoms with E-state index in [-0.39, 0.29) is 16.6 Å². The van der Waals surface area contributed by atoms with Gasteiger partial charge in [-0.1, -0.05) is 36.4 Å². The van der Waals surface area contributed by atoms with E-state index in [1.54, 1.807) is 42.5 Å². The van der Waals surface area contributed by atoms with E-state index in [2.05, 4.69) is 5.32 Å². The summed E-state index contributed by atoms with van der Waals surface area (Å²) in [6, 6.07) is 17.4. The van der Waals surface area contributed by atoms with E-state index in [1.807, 2.05) is 18.2 Å². The van der Waals surface area contributed by atoms with Crippen LogP contribution in [0.1, 0.15) is 28.4 Å². The number of hydrogen-bond acceptors (Lipinski definition) is 4. The van der Waals surface area contributed by atoms with Crippen LogP contribution >= 0.6 is 0 Å².